The molecule has 1 rings (SSSR count). The molecule has 19 heavy (non-hydrogen) atoms. The van der Waals surface area contributed by atoms with E-state index in [1.54, 1.807) is 0 Å². The number of nitrogens with zero attached hydrogens (tertiary/aromatic N) is 1. The molecule has 0 spiro atoms. The van der Waals surface area contributed by atoms with Gasteiger partial charge in [0, 0.05) is 18.5 Å². The molecular formula is C16H24N2O. The Labute approximate surface area is 116 Å². The van der Waals surface area contributed by atoms with Gasteiger partial charge in [0.15, 0.2) is 0 Å². The average Bonchev–Trinajstić information content (AvgIpc) is 2.37. The Morgan fingerprint density at radius 1 is 1.16 bits per heavy atom. The number of rotatable bonds is 7. The van der Waals surface area contributed by atoms with Crippen LogP contribution in [0, 0.1) is 11.3 Å². The lowest BCUT2D eigenvalue weighted by Crippen LogP contribution is -2.35. The van der Waals surface area contributed by atoms with Gasteiger partial charge in [-0.05, 0) is 51.3 Å². The van der Waals surface area contributed by atoms with Crippen LogP contribution in [0.2, 0.25) is 0 Å². The molecule has 0 aliphatic carbocycles. The maximum Gasteiger partial charge on any atom is 0.119 e. The van der Waals surface area contributed by atoms with Crippen molar-refractivity contribution in [3.8, 4) is 11.8 Å². The van der Waals surface area contributed by atoms with Gasteiger partial charge in [-0.15, -0.1) is 0 Å². The van der Waals surface area contributed by atoms with Crippen LogP contribution in [0.15, 0.2) is 24.3 Å². The van der Waals surface area contributed by atoms with Crippen molar-refractivity contribution < 1.29 is 4.74 Å². The number of ether oxygens (including phenoxy) is 1. The Morgan fingerprint density at radius 3 is 2.42 bits per heavy atom. The SMILES string of the molecule is CC(C)(C)NCc1ccc(OCCCCC#N)cc1. The van der Waals surface area contributed by atoms with E-state index >= 15 is 0 Å². The summed E-state index contributed by atoms with van der Waals surface area (Å²) in [6.45, 7) is 8.02. The molecule has 0 bridgehead atoms. The monoisotopic (exact) mass is 260 g/mol. The molecule has 0 amide bonds. The van der Waals surface area contributed by atoms with Crippen molar-refractivity contribution >= 4 is 0 Å². The minimum Gasteiger partial charge on any atom is -0.494 e. The molecule has 0 saturated heterocycles. The van der Waals surface area contributed by atoms with Gasteiger partial charge in [0.2, 0.25) is 0 Å². The van der Waals surface area contributed by atoms with Gasteiger partial charge >= 0.3 is 0 Å². The average molecular weight is 260 g/mol. The Morgan fingerprint density at radius 2 is 1.84 bits per heavy atom. The first-order chi connectivity index (χ1) is 9.01. The Balaban J connectivity index is 2.29. The van der Waals surface area contributed by atoms with E-state index in [1.807, 2.05) is 12.1 Å². The topological polar surface area (TPSA) is 45.0 Å². The summed E-state index contributed by atoms with van der Waals surface area (Å²) in [4.78, 5) is 0. The summed E-state index contributed by atoms with van der Waals surface area (Å²) in [7, 11) is 0. The molecule has 0 aromatic heterocycles. The fourth-order valence-electron chi connectivity index (χ4n) is 1.57. The molecular weight excluding hydrogens is 236 g/mol. The Hall–Kier alpha value is -1.53. The van der Waals surface area contributed by atoms with E-state index in [9.17, 15) is 0 Å². The highest BCUT2D eigenvalue weighted by Gasteiger charge is 2.08. The van der Waals surface area contributed by atoms with Crippen molar-refractivity contribution in [2.75, 3.05) is 6.61 Å². The summed E-state index contributed by atoms with van der Waals surface area (Å²) in [6.07, 6.45) is 2.45. The van der Waals surface area contributed by atoms with Crippen LogP contribution < -0.4 is 10.1 Å². The Kier molecular flexibility index (Phi) is 6.38. The molecule has 0 radical (unpaired) electrons. The molecule has 3 nitrogen and oxygen atoms in total. The predicted octanol–water partition coefficient (Wildman–Crippen LogP) is 3.65. The van der Waals surface area contributed by atoms with Crippen LogP contribution in [0.25, 0.3) is 0 Å². The van der Waals surface area contributed by atoms with E-state index in [1.165, 1.54) is 5.56 Å². The molecule has 0 fully saturated rings. The highest BCUT2D eigenvalue weighted by Crippen LogP contribution is 2.13. The fraction of sp³-hybridized carbons (Fsp3) is 0.562. The van der Waals surface area contributed by atoms with Crippen LogP contribution in [-0.4, -0.2) is 12.1 Å². The van der Waals surface area contributed by atoms with Crippen LogP contribution in [0.1, 0.15) is 45.6 Å². The van der Waals surface area contributed by atoms with Gasteiger partial charge in [0.05, 0.1) is 12.7 Å². The van der Waals surface area contributed by atoms with Crippen molar-refractivity contribution in [2.45, 2.75) is 52.1 Å². The van der Waals surface area contributed by atoms with Gasteiger partial charge in [-0.2, -0.15) is 5.26 Å². The lowest BCUT2D eigenvalue weighted by molar-refractivity contribution is 0.307. The predicted molar refractivity (Wildman–Crippen MR) is 78.0 cm³/mol. The molecule has 3 heteroatoms. The molecule has 1 N–H and O–H groups in total. The van der Waals surface area contributed by atoms with Gasteiger partial charge in [0.1, 0.15) is 5.75 Å². The maximum atomic E-state index is 8.42. The van der Waals surface area contributed by atoms with E-state index in [0.717, 1.165) is 25.1 Å². The van der Waals surface area contributed by atoms with Crippen LogP contribution in [-0.2, 0) is 6.54 Å². The molecule has 0 unspecified atom stereocenters. The first-order valence-corrected chi connectivity index (χ1v) is 6.85. The van der Waals surface area contributed by atoms with Crippen molar-refractivity contribution in [1.29, 1.82) is 5.26 Å². The third kappa shape index (κ3) is 7.48. The lowest BCUT2D eigenvalue weighted by atomic mass is 10.1. The Bertz CT molecular complexity index is 398. The molecule has 0 aliphatic rings. The minimum atomic E-state index is 0.135. The summed E-state index contributed by atoms with van der Waals surface area (Å²) in [5.41, 5.74) is 1.39. The van der Waals surface area contributed by atoms with E-state index in [-0.39, 0.29) is 5.54 Å². The molecule has 104 valence electrons. The van der Waals surface area contributed by atoms with Crippen LogP contribution in [0.5, 0.6) is 5.75 Å². The number of unbranched alkanes of at least 4 members (excludes halogenated alkanes) is 2. The third-order valence-electron chi connectivity index (χ3n) is 2.70. The van der Waals surface area contributed by atoms with Gasteiger partial charge < -0.3 is 10.1 Å². The van der Waals surface area contributed by atoms with Gasteiger partial charge in [-0.1, -0.05) is 12.1 Å². The van der Waals surface area contributed by atoms with Crippen molar-refractivity contribution in [2.24, 2.45) is 0 Å². The molecule has 0 atom stereocenters. The molecule has 1 aromatic rings. The van der Waals surface area contributed by atoms with Gasteiger partial charge in [-0.3, -0.25) is 0 Å². The minimum absolute atomic E-state index is 0.135. The third-order valence-corrected chi connectivity index (χ3v) is 2.70. The van der Waals surface area contributed by atoms with Gasteiger partial charge in [-0.25, -0.2) is 0 Å². The largest absolute Gasteiger partial charge is 0.494 e. The smallest absolute Gasteiger partial charge is 0.119 e. The zero-order valence-electron chi connectivity index (χ0n) is 12.2. The van der Waals surface area contributed by atoms with E-state index in [0.29, 0.717) is 13.0 Å². The maximum absolute atomic E-state index is 8.42. The summed E-state index contributed by atoms with van der Waals surface area (Å²) in [6, 6.07) is 10.3. The van der Waals surface area contributed by atoms with Crippen molar-refractivity contribution in [3.63, 3.8) is 0 Å². The van der Waals surface area contributed by atoms with E-state index < -0.39 is 0 Å². The number of benzene rings is 1. The molecule has 0 aliphatic heterocycles. The molecule has 0 saturated carbocycles. The fourth-order valence-corrected chi connectivity index (χ4v) is 1.57. The zero-order chi connectivity index (χ0) is 14.1. The van der Waals surface area contributed by atoms with Gasteiger partial charge in [0.25, 0.3) is 0 Å². The zero-order valence-corrected chi connectivity index (χ0v) is 12.2. The highest BCUT2D eigenvalue weighted by atomic mass is 16.5. The van der Waals surface area contributed by atoms with Crippen LogP contribution >= 0.6 is 0 Å². The van der Waals surface area contributed by atoms with E-state index in [2.05, 4.69) is 44.3 Å². The second-order valence-electron chi connectivity index (χ2n) is 5.71. The highest BCUT2D eigenvalue weighted by molar-refractivity contribution is 5.27. The van der Waals surface area contributed by atoms with Crippen LogP contribution in [0.4, 0.5) is 0 Å². The van der Waals surface area contributed by atoms with E-state index in [4.69, 9.17) is 10.00 Å². The number of nitriles is 1. The summed E-state index contributed by atoms with van der Waals surface area (Å²) in [5, 5.41) is 11.9. The quantitative estimate of drug-likeness (QED) is 0.761. The molecule has 1 aromatic carbocycles. The lowest BCUT2D eigenvalue weighted by Gasteiger charge is -2.20. The summed E-state index contributed by atoms with van der Waals surface area (Å²) >= 11 is 0. The van der Waals surface area contributed by atoms with Crippen molar-refractivity contribution in [1.82, 2.24) is 5.32 Å². The second-order valence-corrected chi connectivity index (χ2v) is 5.71. The number of hydrogen-bond donors (Lipinski definition) is 1. The number of hydrogen-bond acceptors (Lipinski definition) is 3. The van der Waals surface area contributed by atoms with Crippen molar-refractivity contribution in [3.05, 3.63) is 29.8 Å². The van der Waals surface area contributed by atoms with Crippen LogP contribution in [0.3, 0.4) is 0 Å². The molecule has 0 heterocycles. The standard InChI is InChI=1S/C16H24N2O/c1-16(2,3)18-13-14-7-9-15(10-8-14)19-12-6-4-5-11-17/h7-10,18H,4-6,12-13H2,1-3H3. The first-order valence-electron chi connectivity index (χ1n) is 6.85. The summed E-state index contributed by atoms with van der Waals surface area (Å²) < 4.78 is 5.62. The first kappa shape index (κ1) is 15.5. The second kappa shape index (κ2) is 7.81. The summed E-state index contributed by atoms with van der Waals surface area (Å²) in [5.74, 6) is 0.900. The normalized spacial score (nSPS) is 11.1. The number of nitrogens with one attached hydrogen (secondary N) is 1.